The Morgan fingerprint density at radius 1 is 1.40 bits per heavy atom. The van der Waals surface area contributed by atoms with Crippen molar-refractivity contribution in [2.45, 2.75) is 44.6 Å². The van der Waals surface area contributed by atoms with E-state index in [1.807, 2.05) is 0 Å². The normalized spacial score (nSPS) is 38.2. The molecule has 1 aromatic rings. The predicted molar refractivity (Wildman–Crippen MR) is 97.3 cm³/mol. The Kier molecular flexibility index (Phi) is 3.01. The van der Waals surface area contributed by atoms with Gasteiger partial charge in [0.2, 0.25) is 0 Å². The third-order valence-electron chi connectivity index (χ3n) is 7.67. The molecule has 4 heteroatoms. The molecule has 0 amide bonds. The molecule has 25 heavy (non-hydrogen) atoms. The number of hydrogen-bond acceptors (Lipinski definition) is 4. The van der Waals surface area contributed by atoms with Gasteiger partial charge < -0.3 is 10.1 Å². The van der Waals surface area contributed by atoms with Crippen molar-refractivity contribution in [1.82, 2.24) is 4.90 Å². The Hall–Kier alpha value is -1.81. The summed E-state index contributed by atoms with van der Waals surface area (Å²) in [6.45, 7) is 6.94. The number of hydrogen-bond donors (Lipinski definition) is 1. The van der Waals surface area contributed by atoms with Gasteiger partial charge in [-0.25, -0.2) is 4.79 Å². The monoisotopic (exact) mass is 338 g/mol. The third-order valence-corrected chi connectivity index (χ3v) is 7.67. The average Bonchev–Trinajstić information content (AvgIpc) is 3.26. The lowest BCUT2D eigenvalue weighted by molar-refractivity contribution is -0.137. The summed E-state index contributed by atoms with van der Waals surface area (Å²) in [7, 11) is 1.51. The number of esters is 1. The number of rotatable bonds is 2. The summed E-state index contributed by atoms with van der Waals surface area (Å²) in [5.41, 5.74) is 4.65. The van der Waals surface area contributed by atoms with E-state index in [0.29, 0.717) is 12.0 Å². The lowest BCUT2D eigenvalue weighted by atomic mass is 9.54. The Labute approximate surface area is 149 Å². The van der Waals surface area contributed by atoms with Crippen molar-refractivity contribution in [2.24, 2.45) is 11.3 Å². The van der Waals surface area contributed by atoms with Gasteiger partial charge in [0, 0.05) is 24.0 Å². The highest BCUT2D eigenvalue weighted by atomic mass is 16.5. The Morgan fingerprint density at radius 3 is 2.96 bits per heavy atom. The van der Waals surface area contributed by atoms with Gasteiger partial charge in [-0.2, -0.15) is 0 Å². The summed E-state index contributed by atoms with van der Waals surface area (Å²) in [6, 6.07) is 9.12. The molecule has 0 bridgehead atoms. The summed E-state index contributed by atoms with van der Waals surface area (Å²) in [5, 5.41) is 3.64. The maximum Gasteiger partial charge on any atom is 0.335 e. The number of methoxy groups -OCH3 is 1. The van der Waals surface area contributed by atoms with Crippen LogP contribution in [-0.4, -0.2) is 37.1 Å². The molecule has 0 aromatic heterocycles. The standard InChI is InChI=1S/C21H26N2O2/c1-4-20-11-14(18(24)25-3)17-21(15-7-5-6-8-16(15)22-17)9-10-23(19(20)21)12-13(20)2/h5-8,13,19,22H,4,9-12H2,1-3H3/t13-,19+,20-,21+/m1/s1. The molecule has 2 fully saturated rings. The van der Waals surface area contributed by atoms with Gasteiger partial charge in [-0.1, -0.05) is 32.0 Å². The number of para-hydroxylation sites is 1. The minimum atomic E-state index is -0.154. The molecule has 2 saturated heterocycles. The Morgan fingerprint density at radius 2 is 2.20 bits per heavy atom. The summed E-state index contributed by atoms with van der Waals surface area (Å²) in [4.78, 5) is 15.5. The summed E-state index contributed by atoms with van der Waals surface area (Å²) in [5.74, 6) is 0.437. The molecule has 0 radical (unpaired) electrons. The second kappa shape index (κ2) is 4.88. The van der Waals surface area contributed by atoms with Crippen LogP contribution < -0.4 is 5.32 Å². The van der Waals surface area contributed by atoms with Gasteiger partial charge in [0.1, 0.15) is 0 Å². The zero-order valence-electron chi connectivity index (χ0n) is 15.3. The van der Waals surface area contributed by atoms with Crippen molar-refractivity contribution in [2.75, 3.05) is 25.5 Å². The topological polar surface area (TPSA) is 41.6 Å². The lowest BCUT2D eigenvalue weighted by Gasteiger charge is -2.50. The molecule has 1 spiro atoms. The third kappa shape index (κ3) is 1.60. The molecule has 5 rings (SSSR count). The molecular weight excluding hydrogens is 312 g/mol. The fraction of sp³-hybridized carbons (Fsp3) is 0.571. The molecule has 0 saturated carbocycles. The number of anilines is 1. The van der Waals surface area contributed by atoms with Crippen molar-refractivity contribution in [3.63, 3.8) is 0 Å². The van der Waals surface area contributed by atoms with Gasteiger partial charge in [0.15, 0.2) is 0 Å². The fourth-order valence-corrected chi connectivity index (χ4v) is 6.65. The molecule has 1 aromatic carbocycles. The quantitative estimate of drug-likeness (QED) is 0.840. The summed E-state index contributed by atoms with van der Waals surface area (Å²) in [6.07, 6.45) is 3.02. The van der Waals surface area contributed by atoms with E-state index < -0.39 is 0 Å². The molecule has 132 valence electrons. The van der Waals surface area contributed by atoms with E-state index in [-0.39, 0.29) is 16.8 Å². The number of carbonyl (C=O) groups is 1. The number of benzene rings is 1. The predicted octanol–water partition coefficient (Wildman–Crippen LogP) is 3.30. The van der Waals surface area contributed by atoms with Crippen LogP contribution in [0.4, 0.5) is 5.69 Å². The van der Waals surface area contributed by atoms with Gasteiger partial charge in [-0.15, -0.1) is 0 Å². The molecule has 4 atom stereocenters. The first-order chi connectivity index (χ1) is 12.1. The van der Waals surface area contributed by atoms with E-state index in [9.17, 15) is 4.79 Å². The number of fused-ring (bicyclic) bond motifs is 1. The fourth-order valence-electron chi connectivity index (χ4n) is 6.65. The molecule has 4 aliphatic rings. The van der Waals surface area contributed by atoms with Crippen LogP contribution in [0, 0.1) is 11.3 Å². The first kappa shape index (κ1) is 15.4. The van der Waals surface area contributed by atoms with Gasteiger partial charge in [-0.05, 0) is 48.8 Å². The largest absolute Gasteiger partial charge is 0.466 e. The highest BCUT2D eigenvalue weighted by Crippen LogP contribution is 2.67. The van der Waals surface area contributed by atoms with E-state index in [1.165, 1.54) is 18.4 Å². The van der Waals surface area contributed by atoms with Crippen LogP contribution in [0.2, 0.25) is 0 Å². The maximum absolute atomic E-state index is 12.8. The van der Waals surface area contributed by atoms with Crippen LogP contribution in [0.3, 0.4) is 0 Å². The van der Waals surface area contributed by atoms with Crippen molar-refractivity contribution in [3.8, 4) is 0 Å². The van der Waals surface area contributed by atoms with E-state index in [2.05, 4.69) is 48.3 Å². The minimum Gasteiger partial charge on any atom is -0.466 e. The minimum absolute atomic E-state index is 0.0703. The Balaban J connectivity index is 1.83. The molecular formula is C21H26N2O2. The van der Waals surface area contributed by atoms with Crippen LogP contribution in [0.1, 0.15) is 38.7 Å². The molecule has 3 aliphatic heterocycles. The van der Waals surface area contributed by atoms with Gasteiger partial charge >= 0.3 is 5.97 Å². The summed E-state index contributed by atoms with van der Waals surface area (Å²) >= 11 is 0. The zero-order valence-corrected chi connectivity index (χ0v) is 15.3. The average molecular weight is 338 g/mol. The van der Waals surface area contributed by atoms with Crippen LogP contribution in [0.15, 0.2) is 35.5 Å². The number of carbonyl (C=O) groups excluding carboxylic acids is 1. The first-order valence-electron chi connectivity index (χ1n) is 9.51. The zero-order chi connectivity index (χ0) is 17.4. The van der Waals surface area contributed by atoms with Crippen molar-refractivity contribution >= 4 is 11.7 Å². The maximum atomic E-state index is 12.8. The molecule has 1 aliphatic carbocycles. The smallest absolute Gasteiger partial charge is 0.335 e. The highest BCUT2D eigenvalue weighted by Gasteiger charge is 2.69. The van der Waals surface area contributed by atoms with Crippen molar-refractivity contribution < 1.29 is 9.53 Å². The molecule has 4 nitrogen and oxygen atoms in total. The second-order valence-corrected chi connectivity index (χ2v) is 8.30. The van der Waals surface area contributed by atoms with Crippen LogP contribution in [0.5, 0.6) is 0 Å². The van der Waals surface area contributed by atoms with Crippen molar-refractivity contribution in [3.05, 3.63) is 41.1 Å². The number of ether oxygens (including phenoxy) is 1. The second-order valence-electron chi connectivity index (χ2n) is 8.30. The molecule has 3 heterocycles. The van der Waals surface area contributed by atoms with Gasteiger partial charge in [0.25, 0.3) is 0 Å². The summed E-state index contributed by atoms with van der Waals surface area (Å²) < 4.78 is 5.22. The molecule has 1 N–H and O–H groups in total. The van der Waals surface area contributed by atoms with Gasteiger partial charge in [-0.3, -0.25) is 4.90 Å². The van der Waals surface area contributed by atoms with Crippen LogP contribution in [0.25, 0.3) is 0 Å². The highest BCUT2D eigenvalue weighted by molar-refractivity contribution is 5.93. The SMILES string of the molecule is CC[C@@]12CC(C(=O)OC)=C3Nc4ccccc4[C@@]34CCN(C[C@H]1C)[C@@H]24. The lowest BCUT2D eigenvalue weighted by Crippen LogP contribution is -2.54. The van der Waals surface area contributed by atoms with Crippen molar-refractivity contribution in [1.29, 1.82) is 0 Å². The molecule has 0 unspecified atom stereocenters. The van der Waals surface area contributed by atoms with Crippen LogP contribution in [-0.2, 0) is 14.9 Å². The van der Waals surface area contributed by atoms with Crippen LogP contribution >= 0.6 is 0 Å². The number of nitrogens with zero attached hydrogens (tertiary/aromatic N) is 1. The first-order valence-corrected chi connectivity index (χ1v) is 9.51. The van der Waals surface area contributed by atoms with E-state index in [0.717, 1.165) is 43.6 Å². The van der Waals surface area contributed by atoms with E-state index in [1.54, 1.807) is 0 Å². The Bertz CT molecular complexity index is 801. The number of nitrogens with one attached hydrogen (secondary N) is 1. The van der Waals surface area contributed by atoms with Gasteiger partial charge in [0.05, 0.1) is 18.1 Å². The van der Waals surface area contributed by atoms with E-state index in [4.69, 9.17) is 4.74 Å². The van der Waals surface area contributed by atoms with E-state index >= 15 is 0 Å².